The number of hydrogen-bond acceptors (Lipinski definition) is 4. The standard InChI is InChI=1S/C18H20F2N4O2/c1-26-12-6-2-10(3-7-12)14-8-15(16(19)20)24-17(23-14)13(9-21-24)18(25)22-11-4-5-11/h2-3,6-7,9,11,14-16,23H,4-5,8H2,1H3,(H,22,25)/t14-,15+/m1/s1. The molecule has 2 aliphatic rings. The number of amides is 1. The highest BCUT2D eigenvalue weighted by atomic mass is 19.3. The summed E-state index contributed by atoms with van der Waals surface area (Å²) < 4.78 is 33.6. The first kappa shape index (κ1) is 16.8. The molecule has 4 rings (SSSR count). The van der Waals surface area contributed by atoms with Crippen LogP contribution in [0.1, 0.15) is 47.3 Å². The van der Waals surface area contributed by atoms with Crippen molar-refractivity contribution in [2.45, 2.75) is 43.8 Å². The highest BCUT2D eigenvalue weighted by molar-refractivity contribution is 5.99. The average molecular weight is 362 g/mol. The number of ether oxygens (including phenoxy) is 1. The number of benzene rings is 1. The van der Waals surface area contributed by atoms with Gasteiger partial charge in [0.05, 0.1) is 19.3 Å². The van der Waals surface area contributed by atoms with Crippen molar-refractivity contribution < 1.29 is 18.3 Å². The molecular formula is C18H20F2N4O2. The molecule has 2 atom stereocenters. The van der Waals surface area contributed by atoms with Gasteiger partial charge in [-0.25, -0.2) is 13.5 Å². The fourth-order valence-electron chi connectivity index (χ4n) is 3.25. The molecular weight excluding hydrogens is 342 g/mol. The molecule has 1 aromatic heterocycles. The zero-order valence-electron chi connectivity index (χ0n) is 14.3. The van der Waals surface area contributed by atoms with Crippen LogP contribution in [0.2, 0.25) is 0 Å². The molecule has 0 radical (unpaired) electrons. The minimum atomic E-state index is -2.57. The molecule has 2 heterocycles. The average Bonchev–Trinajstić information content (AvgIpc) is 3.35. The number of carbonyl (C=O) groups is 1. The molecule has 2 aromatic rings. The molecule has 2 N–H and O–H groups in total. The second-order valence-electron chi connectivity index (χ2n) is 6.71. The predicted molar refractivity (Wildman–Crippen MR) is 91.7 cm³/mol. The first-order valence-corrected chi connectivity index (χ1v) is 8.64. The van der Waals surface area contributed by atoms with E-state index in [-0.39, 0.29) is 24.4 Å². The second kappa shape index (κ2) is 6.59. The number of methoxy groups -OCH3 is 1. The van der Waals surface area contributed by atoms with E-state index in [1.807, 2.05) is 12.1 Å². The van der Waals surface area contributed by atoms with Gasteiger partial charge in [0.1, 0.15) is 23.2 Å². The zero-order valence-corrected chi connectivity index (χ0v) is 14.3. The van der Waals surface area contributed by atoms with Gasteiger partial charge in [0.25, 0.3) is 12.3 Å². The largest absolute Gasteiger partial charge is 0.497 e. The minimum absolute atomic E-state index is 0.183. The molecule has 1 aliphatic carbocycles. The van der Waals surface area contributed by atoms with Gasteiger partial charge in [-0.2, -0.15) is 5.10 Å². The number of carbonyl (C=O) groups excluding carboxylic acids is 1. The Morgan fingerprint density at radius 1 is 1.35 bits per heavy atom. The maximum absolute atomic E-state index is 13.6. The Morgan fingerprint density at radius 2 is 2.08 bits per heavy atom. The summed E-state index contributed by atoms with van der Waals surface area (Å²) in [6, 6.07) is 6.04. The van der Waals surface area contributed by atoms with E-state index in [9.17, 15) is 13.6 Å². The third-order valence-corrected chi connectivity index (χ3v) is 4.86. The second-order valence-corrected chi connectivity index (χ2v) is 6.71. The summed E-state index contributed by atoms with van der Waals surface area (Å²) in [7, 11) is 1.57. The van der Waals surface area contributed by atoms with Crippen molar-refractivity contribution in [1.29, 1.82) is 0 Å². The molecule has 0 bridgehead atoms. The van der Waals surface area contributed by atoms with E-state index >= 15 is 0 Å². The Labute approximate surface area is 149 Å². The topological polar surface area (TPSA) is 68.2 Å². The lowest BCUT2D eigenvalue weighted by Gasteiger charge is -2.32. The van der Waals surface area contributed by atoms with Gasteiger partial charge in [0, 0.05) is 6.04 Å². The molecule has 0 spiro atoms. The summed E-state index contributed by atoms with van der Waals surface area (Å²) in [4.78, 5) is 12.4. The van der Waals surface area contributed by atoms with Gasteiger partial charge in [0.15, 0.2) is 0 Å². The smallest absolute Gasteiger partial charge is 0.260 e. The molecule has 6 nitrogen and oxygen atoms in total. The van der Waals surface area contributed by atoms with Crippen LogP contribution in [0.5, 0.6) is 5.75 Å². The fourth-order valence-corrected chi connectivity index (χ4v) is 3.25. The first-order valence-electron chi connectivity index (χ1n) is 8.64. The lowest BCUT2D eigenvalue weighted by molar-refractivity contribution is 0.0656. The van der Waals surface area contributed by atoms with Crippen molar-refractivity contribution in [2.75, 3.05) is 12.4 Å². The monoisotopic (exact) mass is 362 g/mol. The summed E-state index contributed by atoms with van der Waals surface area (Å²) in [6.07, 6.45) is 0.887. The lowest BCUT2D eigenvalue weighted by atomic mass is 9.97. The van der Waals surface area contributed by atoms with E-state index in [1.165, 1.54) is 10.9 Å². The number of alkyl halides is 2. The Balaban J connectivity index is 1.65. The van der Waals surface area contributed by atoms with Crippen LogP contribution in [0.15, 0.2) is 30.5 Å². The van der Waals surface area contributed by atoms with Gasteiger partial charge in [-0.3, -0.25) is 4.79 Å². The van der Waals surface area contributed by atoms with E-state index in [4.69, 9.17) is 4.74 Å². The van der Waals surface area contributed by atoms with Gasteiger partial charge in [-0.15, -0.1) is 0 Å². The third-order valence-electron chi connectivity index (χ3n) is 4.86. The van der Waals surface area contributed by atoms with Gasteiger partial charge >= 0.3 is 0 Å². The fraction of sp³-hybridized carbons (Fsp3) is 0.444. The summed E-state index contributed by atoms with van der Waals surface area (Å²) in [5, 5.41) is 10.2. The summed E-state index contributed by atoms with van der Waals surface area (Å²) in [5.74, 6) is 0.773. The van der Waals surface area contributed by atoms with Crippen LogP contribution < -0.4 is 15.4 Å². The highest BCUT2D eigenvalue weighted by Gasteiger charge is 2.37. The van der Waals surface area contributed by atoms with Crippen LogP contribution in [0.25, 0.3) is 0 Å². The van der Waals surface area contributed by atoms with Crippen molar-refractivity contribution in [3.63, 3.8) is 0 Å². The molecule has 1 amide bonds. The predicted octanol–water partition coefficient (Wildman–Crippen LogP) is 3.15. The van der Waals surface area contributed by atoms with Crippen molar-refractivity contribution in [2.24, 2.45) is 0 Å². The lowest BCUT2D eigenvalue weighted by Crippen LogP contribution is -2.32. The molecule has 8 heteroatoms. The maximum Gasteiger partial charge on any atom is 0.260 e. The number of halogens is 2. The molecule has 1 aliphatic heterocycles. The SMILES string of the molecule is COc1ccc([C@H]2C[C@@H](C(F)F)n3ncc(C(=O)NC4CC4)c3N2)cc1. The van der Waals surface area contributed by atoms with Crippen LogP contribution in [-0.2, 0) is 0 Å². The van der Waals surface area contributed by atoms with E-state index in [0.717, 1.165) is 18.4 Å². The normalized spacial score (nSPS) is 21.8. The molecule has 0 saturated heterocycles. The molecule has 0 unspecified atom stereocenters. The number of aromatic nitrogens is 2. The van der Waals surface area contributed by atoms with Crippen LogP contribution in [-0.4, -0.2) is 35.3 Å². The van der Waals surface area contributed by atoms with Crippen molar-refractivity contribution in [1.82, 2.24) is 15.1 Å². The van der Waals surface area contributed by atoms with Crippen LogP contribution >= 0.6 is 0 Å². The Bertz CT molecular complexity index is 802. The Morgan fingerprint density at radius 3 is 2.69 bits per heavy atom. The van der Waals surface area contributed by atoms with Gasteiger partial charge in [-0.1, -0.05) is 12.1 Å². The summed E-state index contributed by atoms with van der Waals surface area (Å²) in [6.45, 7) is 0. The van der Waals surface area contributed by atoms with Crippen molar-refractivity contribution in [3.8, 4) is 5.75 Å². The van der Waals surface area contributed by atoms with E-state index in [0.29, 0.717) is 17.1 Å². The van der Waals surface area contributed by atoms with E-state index < -0.39 is 12.5 Å². The zero-order chi connectivity index (χ0) is 18.3. The number of rotatable bonds is 5. The van der Waals surface area contributed by atoms with E-state index in [2.05, 4.69) is 15.7 Å². The molecule has 1 aromatic carbocycles. The summed E-state index contributed by atoms with van der Waals surface area (Å²) >= 11 is 0. The Kier molecular flexibility index (Phi) is 4.26. The molecule has 1 saturated carbocycles. The van der Waals surface area contributed by atoms with Gasteiger partial charge in [0.2, 0.25) is 0 Å². The third kappa shape index (κ3) is 3.11. The quantitative estimate of drug-likeness (QED) is 0.857. The van der Waals surface area contributed by atoms with Crippen LogP contribution in [0.3, 0.4) is 0 Å². The van der Waals surface area contributed by atoms with Crippen molar-refractivity contribution in [3.05, 3.63) is 41.6 Å². The number of fused-ring (bicyclic) bond motifs is 1. The minimum Gasteiger partial charge on any atom is -0.497 e. The number of nitrogens with zero attached hydrogens (tertiary/aromatic N) is 2. The number of anilines is 1. The Hall–Kier alpha value is -2.64. The molecule has 26 heavy (non-hydrogen) atoms. The maximum atomic E-state index is 13.6. The van der Waals surface area contributed by atoms with Crippen LogP contribution in [0.4, 0.5) is 14.6 Å². The van der Waals surface area contributed by atoms with Gasteiger partial charge in [-0.05, 0) is 37.0 Å². The van der Waals surface area contributed by atoms with Crippen molar-refractivity contribution >= 4 is 11.7 Å². The molecule has 1 fully saturated rings. The molecule has 138 valence electrons. The van der Waals surface area contributed by atoms with Crippen LogP contribution in [0, 0.1) is 0 Å². The highest BCUT2D eigenvalue weighted by Crippen LogP contribution is 2.39. The van der Waals surface area contributed by atoms with E-state index in [1.54, 1.807) is 19.2 Å². The number of hydrogen-bond donors (Lipinski definition) is 2. The number of nitrogens with one attached hydrogen (secondary N) is 2. The summed E-state index contributed by atoms with van der Waals surface area (Å²) in [5.41, 5.74) is 1.17. The van der Waals surface area contributed by atoms with Gasteiger partial charge < -0.3 is 15.4 Å². The first-order chi connectivity index (χ1) is 12.6.